The van der Waals surface area contributed by atoms with Crippen molar-refractivity contribution in [2.75, 3.05) is 20.3 Å². The lowest BCUT2D eigenvalue weighted by Crippen LogP contribution is -2.63. The number of amides is 3. The highest BCUT2D eigenvalue weighted by atomic mass is 16.6. The number of fused-ring (bicyclic) bond motifs is 2. The van der Waals surface area contributed by atoms with Crippen molar-refractivity contribution in [1.29, 1.82) is 0 Å². The van der Waals surface area contributed by atoms with Gasteiger partial charge in [0.1, 0.15) is 24.4 Å². The molecule has 3 amide bonds. The van der Waals surface area contributed by atoms with Crippen molar-refractivity contribution in [3.05, 3.63) is 41.2 Å². The number of aromatic nitrogens is 2. The highest BCUT2D eigenvalue weighted by molar-refractivity contribution is 6.01. The van der Waals surface area contributed by atoms with Crippen molar-refractivity contribution >= 4 is 17.7 Å². The second kappa shape index (κ2) is 9.48. The fourth-order valence-electron chi connectivity index (χ4n) is 5.11. The summed E-state index contributed by atoms with van der Waals surface area (Å²) in [5.74, 6) is 0.405. The average molecular weight is 496 g/mol. The van der Waals surface area contributed by atoms with Gasteiger partial charge in [-0.3, -0.25) is 19.1 Å². The monoisotopic (exact) mass is 495 g/mol. The summed E-state index contributed by atoms with van der Waals surface area (Å²) in [6, 6.07) is 6.86. The molecule has 0 spiro atoms. The second-order valence-corrected chi connectivity index (χ2v) is 10.1. The standard InChI is InChI=1S/C26H33N5O5/c1-16(17-9-10-21-22(13-17)36-12-11-35-21)27-23(32)19-14-20-24(33)30(3)26(2,15-31(20)29-19)25(34)28-18-7-5-4-6-8-18/h9-10,13-14,16,18H,4-8,11-12,15H2,1-3H3,(H,27,32)(H,28,34)/t16-,26+/m1/s1. The third-order valence-electron chi connectivity index (χ3n) is 7.58. The minimum absolute atomic E-state index is 0.132. The van der Waals surface area contributed by atoms with Gasteiger partial charge in [0.15, 0.2) is 17.2 Å². The summed E-state index contributed by atoms with van der Waals surface area (Å²) in [5, 5.41) is 10.5. The Hall–Kier alpha value is -3.56. The summed E-state index contributed by atoms with van der Waals surface area (Å²) >= 11 is 0. The molecule has 0 saturated heterocycles. The van der Waals surface area contributed by atoms with E-state index in [0.717, 1.165) is 31.2 Å². The number of ether oxygens (including phenoxy) is 2. The number of benzene rings is 1. The van der Waals surface area contributed by atoms with Gasteiger partial charge in [0, 0.05) is 19.2 Å². The number of hydrogen-bond donors (Lipinski definition) is 2. The highest BCUT2D eigenvalue weighted by Crippen LogP contribution is 2.33. The van der Waals surface area contributed by atoms with Crippen molar-refractivity contribution in [2.24, 2.45) is 0 Å². The van der Waals surface area contributed by atoms with E-state index in [2.05, 4.69) is 15.7 Å². The Labute approximate surface area is 210 Å². The van der Waals surface area contributed by atoms with E-state index in [-0.39, 0.29) is 41.8 Å². The zero-order chi connectivity index (χ0) is 25.4. The molecule has 0 unspecified atom stereocenters. The molecule has 0 radical (unpaired) electrons. The van der Waals surface area contributed by atoms with Crippen LogP contribution in [0.5, 0.6) is 11.5 Å². The topological polar surface area (TPSA) is 115 Å². The summed E-state index contributed by atoms with van der Waals surface area (Å²) in [6.45, 7) is 4.78. The van der Waals surface area contributed by atoms with E-state index < -0.39 is 11.4 Å². The molecule has 10 nitrogen and oxygen atoms in total. The molecule has 2 aliphatic heterocycles. The van der Waals surface area contributed by atoms with Crippen molar-refractivity contribution in [3.8, 4) is 11.5 Å². The second-order valence-electron chi connectivity index (χ2n) is 10.1. The molecule has 1 saturated carbocycles. The SMILES string of the molecule is C[C@@H](NC(=O)c1cc2n(n1)C[C@@](C)(C(=O)NC1CCCCC1)N(C)C2=O)c1ccc2c(c1)OCCO2. The molecular weight excluding hydrogens is 462 g/mol. The molecule has 36 heavy (non-hydrogen) atoms. The third-order valence-corrected chi connectivity index (χ3v) is 7.58. The molecule has 3 aliphatic rings. The van der Waals surface area contributed by atoms with Gasteiger partial charge in [0.2, 0.25) is 5.91 Å². The van der Waals surface area contributed by atoms with Crippen LogP contribution < -0.4 is 20.1 Å². The molecule has 1 aromatic heterocycles. The van der Waals surface area contributed by atoms with Crippen LogP contribution in [0.2, 0.25) is 0 Å². The summed E-state index contributed by atoms with van der Waals surface area (Å²) in [7, 11) is 1.63. The number of nitrogens with zero attached hydrogens (tertiary/aromatic N) is 3. The van der Waals surface area contributed by atoms with Crippen LogP contribution in [0.3, 0.4) is 0 Å². The maximum absolute atomic E-state index is 13.3. The summed E-state index contributed by atoms with van der Waals surface area (Å²) < 4.78 is 12.7. The van der Waals surface area contributed by atoms with Crippen LogP contribution >= 0.6 is 0 Å². The average Bonchev–Trinajstić information content (AvgIpc) is 3.31. The quantitative estimate of drug-likeness (QED) is 0.659. The maximum atomic E-state index is 13.3. The van der Waals surface area contributed by atoms with Crippen LogP contribution in [0, 0.1) is 0 Å². The van der Waals surface area contributed by atoms with E-state index in [0.29, 0.717) is 24.7 Å². The van der Waals surface area contributed by atoms with E-state index in [1.54, 1.807) is 14.0 Å². The number of carbonyl (C=O) groups excluding carboxylic acids is 3. The normalized spacial score (nSPS) is 22.5. The Balaban J connectivity index is 1.30. The molecule has 3 heterocycles. The highest BCUT2D eigenvalue weighted by Gasteiger charge is 2.46. The van der Waals surface area contributed by atoms with Gasteiger partial charge in [0.05, 0.1) is 12.6 Å². The number of hydrogen-bond acceptors (Lipinski definition) is 6. The smallest absolute Gasteiger partial charge is 0.272 e. The van der Waals surface area contributed by atoms with Crippen LogP contribution in [-0.4, -0.2) is 64.2 Å². The first-order valence-electron chi connectivity index (χ1n) is 12.6. The van der Waals surface area contributed by atoms with E-state index >= 15 is 0 Å². The molecule has 1 aromatic carbocycles. The van der Waals surface area contributed by atoms with Crippen LogP contribution in [0.4, 0.5) is 0 Å². The van der Waals surface area contributed by atoms with Crippen LogP contribution in [0.25, 0.3) is 0 Å². The minimum Gasteiger partial charge on any atom is -0.486 e. The number of likely N-dealkylation sites (N-methyl/N-ethyl adjacent to an activating group) is 1. The van der Waals surface area contributed by atoms with Gasteiger partial charge < -0.3 is 25.0 Å². The zero-order valence-electron chi connectivity index (χ0n) is 21.0. The lowest BCUT2D eigenvalue weighted by atomic mass is 9.92. The third kappa shape index (κ3) is 4.40. The van der Waals surface area contributed by atoms with Crippen molar-refractivity contribution in [2.45, 2.75) is 70.1 Å². The largest absolute Gasteiger partial charge is 0.486 e. The van der Waals surface area contributed by atoms with E-state index in [1.807, 2.05) is 25.1 Å². The molecular formula is C26H33N5O5. The van der Waals surface area contributed by atoms with Gasteiger partial charge in [-0.25, -0.2) is 0 Å². The number of nitrogens with one attached hydrogen (secondary N) is 2. The fraction of sp³-hybridized carbons (Fsp3) is 0.538. The predicted octanol–water partition coefficient (Wildman–Crippen LogP) is 2.44. The van der Waals surface area contributed by atoms with E-state index in [1.165, 1.54) is 22.1 Å². The van der Waals surface area contributed by atoms with Gasteiger partial charge in [0.25, 0.3) is 11.8 Å². The van der Waals surface area contributed by atoms with Crippen molar-refractivity contribution in [1.82, 2.24) is 25.3 Å². The molecule has 2 atom stereocenters. The summed E-state index contributed by atoms with van der Waals surface area (Å²) in [4.78, 5) is 40.9. The fourth-order valence-corrected chi connectivity index (χ4v) is 5.11. The number of rotatable bonds is 5. The zero-order valence-corrected chi connectivity index (χ0v) is 21.0. The van der Waals surface area contributed by atoms with Crippen molar-refractivity contribution < 1.29 is 23.9 Å². The molecule has 2 N–H and O–H groups in total. The van der Waals surface area contributed by atoms with Gasteiger partial charge in [-0.05, 0) is 44.4 Å². The Kier molecular flexibility index (Phi) is 6.36. The maximum Gasteiger partial charge on any atom is 0.272 e. The summed E-state index contributed by atoms with van der Waals surface area (Å²) in [5.41, 5.74) is 0.185. The first-order valence-corrected chi connectivity index (χ1v) is 12.6. The number of carbonyl (C=O) groups is 3. The van der Waals surface area contributed by atoms with Crippen LogP contribution in [-0.2, 0) is 11.3 Å². The lowest BCUT2D eigenvalue weighted by Gasteiger charge is -2.41. The van der Waals surface area contributed by atoms with E-state index in [4.69, 9.17) is 9.47 Å². The van der Waals surface area contributed by atoms with Crippen LogP contribution in [0.1, 0.15) is 78.5 Å². The molecule has 10 heteroatoms. The van der Waals surface area contributed by atoms with Crippen LogP contribution in [0.15, 0.2) is 24.3 Å². The Morgan fingerprint density at radius 3 is 2.58 bits per heavy atom. The molecule has 1 aliphatic carbocycles. The lowest BCUT2D eigenvalue weighted by molar-refractivity contribution is -0.133. The molecule has 0 bridgehead atoms. The first kappa shape index (κ1) is 24.1. The summed E-state index contributed by atoms with van der Waals surface area (Å²) in [6.07, 6.45) is 5.30. The minimum atomic E-state index is -1.10. The Bertz CT molecular complexity index is 1190. The predicted molar refractivity (Wildman–Crippen MR) is 131 cm³/mol. The van der Waals surface area contributed by atoms with E-state index in [9.17, 15) is 14.4 Å². The van der Waals surface area contributed by atoms with Crippen molar-refractivity contribution in [3.63, 3.8) is 0 Å². The van der Waals surface area contributed by atoms with Gasteiger partial charge >= 0.3 is 0 Å². The molecule has 192 valence electrons. The Morgan fingerprint density at radius 2 is 1.83 bits per heavy atom. The van der Waals surface area contributed by atoms with Gasteiger partial charge in [-0.2, -0.15) is 5.10 Å². The van der Waals surface area contributed by atoms with Gasteiger partial charge in [-0.1, -0.05) is 25.3 Å². The molecule has 2 aromatic rings. The molecule has 1 fully saturated rings. The Morgan fingerprint density at radius 1 is 1.11 bits per heavy atom. The van der Waals surface area contributed by atoms with Gasteiger partial charge in [-0.15, -0.1) is 0 Å². The first-order chi connectivity index (χ1) is 17.3. The molecule has 5 rings (SSSR count).